The predicted molar refractivity (Wildman–Crippen MR) is 80.5 cm³/mol. The average molecular weight is 299 g/mol. The minimum absolute atomic E-state index is 0.209. The highest BCUT2D eigenvalue weighted by molar-refractivity contribution is 6.28. The Bertz CT molecular complexity index is 430. The van der Waals surface area contributed by atoms with E-state index in [1.54, 1.807) is 0 Å². The molecule has 112 valence electrons. The molecule has 1 atom stereocenters. The van der Waals surface area contributed by atoms with Crippen molar-refractivity contribution in [2.45, 2.75) is 58.4 Å². The van der Waals surface area contributed by atoms with Gasteiger partial charge in [-0.05, 0) is 37.3 Å². The number of ether oxygens (including phenoxy) is 1. The number of nitrogens with zero attached hydrogens (tertiary/aromatic N) is 4. The monoisotopic (exact) mass is 298 g/mol. The normalized spacial score (nSPS) is 19.8. The van der Waals surface area contributed by atoms with E-state index >= 15 is 0 Å². The van der Waals surface area contributed by atoms with Crippen LogP contribution in [0.3, 0.4) is 0 Å². The summed E-state index contributed by atoms with van der Waals surface area (Å²) < 4.78 is 5.49. The van der Waals surface area contributed by atoms with Crippen LogP contribution in [0.2, 0.25) is 5.28 Å². The molecule has 1 fully saturated rings. The molecule has 1 aliphatic rings. The summed E-state index contributed by atoms with van der Waals surface area (Å²) in [7, 11) is 0. The lowest BCUT2D eigenvalue weighted by molar-refractivity contribution is 0.291. The van der Waals surface area contributed by atoms with E-state index in [1.165, 1.54) is 25.7 Å². The second kappa shape index (κ2) is 7.62. The highest BCUT2D eigenvalue weighted by atomic mass is 35.5. The molecule has 1 aromatic rings. The molecule has 0 spiro atoms. The summed E-state index contributed by atoms with van der Waals surface area (Å²) in [6.45, 7) is 5.83. The fourth-order valence-electron chi connectivity index (χ4n) is 2.57. The van der Waals surface area contributed by atoms with Gasteiger partial charge < -0.3 is 9.64 Å². The Morgan fingerprint density at radius 1 is 1.20 bits per heavy atom. The maximum Gasteiger partial charge on any atom is 0.322 e. The number of anilines is 1. The smallest absolute Gasteiger partial charge is 0.322 e. The molecule has 2 rings (SSSR count). The molecule has 0 amide bonds. The lowest BCUT2D eigenvalue weighted by Gasteiger charge is -2.29. The molecular weight excluding hydrogens is 276 g/mol. The van der Waals surface area contributed by atoms with Crippen molar-refractivity contribution in [1.29, 1.82) is 0 Å². The van der Waals surface area contributed by atoms with Crippen LogP contribution in [-0.4, -0.2) is 34.1 Å². The summed E-state index contributed by atoms with van der Waals surface area (Å²) in [4.78, 5) is 15.0. The number of hydrogen-bond donors (Lipinski definition) is 0. The minimum atomic E-state index is 0.209. The molecule has 5 nitrogen and oxygen atoms in total. The molecule has 0 aliphatic carbocycles. The van der Waals surface area contributed by atoms with Gasteiger partial charge in [0, 0.05) is 12.6 Å². The summed E-state index contributed by atoms with van der Waals surface area (Å²) in [5, 5.41) is 0.209. The molecule has 0 saturated carbocycles. The van der Waals surface area contributed by atoms with Crippen LogP contribution in [0, 0.1) is 0 Å². The Balaban J connectivity index is 2.22. The average Bonchev–Trinajstić information content (AvgIpc) is 2.69. The lowest BCUT2D eigenvalue weighted by Crippen LogP contribution is -2.36. The number of hydrogen-bond acceptors (Lipinski definition) is 5. The zero-order chi connectivity index (χ0) is 14.4. The van der Waals surface area contributed by atoms with Gasteiger partial charge in [0.15, 0.2) is 0 Å². The topological polar surface area (TPSA) is 51.1 Å². The summed E-state index contributed by atoms with van der Waals surface area (Å²) in [5.74, 6) is 0.657. The Labute approximate surface area is 125 Å². The van der Waals surface area contributed by atoms with Crippen LogP contribution in [0.15, 0.2) is 0 Å². The zero-order valence-electron chi connectivity index (χ0n) is 12.3. The summed E-state index contributed by atoms with van der Waals surface area (Å²) >= 11 is 6.01. The molecule has 0 aromatic carbocycles. The molecule has 0 radical (unpaired) electrons. The zero-order valence-corrected chi connectivity index (χ0v) is 13.1. The van der Waals surface area contributed by atoms with Crippen LogP contribution in [0.1, 0.15) is 52.4 Å². The standard InChI is InChI=1S/C14H23ClN4O/c1-3-10-20-14-17-12(15)16-13(18-14)19-9-7-5-6-8-11(19)4-2/h11H,3-10H2,1-2H3. The van der Waals surface area contributed by atoms with E-state index in [-0.39, 0.29) is 5.28 Å². The van der Waals surface area contributed by atoms with Crippen molar-refractivity contribution < 1.29 is 4.74 Å². The van der Waals surface area contributed by atoms with Crippen molar-refractivity contribution in [3.8, 4) is 6.01 Å². The summed E-state index contributed by atoms with van der Waals surface area (Å²) in [6.07, 6.45) is 6.91. The first-order valence-corrected chi connectivity index (χ1v) is 7.93. The van der Waals surface area contributed by atoms with Gasteiger partial charge in [0.2, 0.25) is 11.2 Å². The molecule has 1 unspecified atom stereocenters. The first kappa shape index (κ1) is 15.3. The maximum absolute atomic E-state index is 6.01. The second-order valence-corrected chi connectivity index (χ2v) is 5.48. The third kappa shape index (κ3) is 3.95. The van der Waals surface area contributed by atoms with Crippen LogP contribution in [0.25, 0.3) is 0 Å². The first-order valence-electron chi connectivity index (χ1n) is 7.55. The van der Waals surface area contributed by atoms with E-state index in [4.69, 9.17) is 16.3 Å². The molecule has 0 bridgehead atoms. The van der Waals surface area contributed by atoms with Crippen molar-refractivity contribution >= 4 is 17.5 Å². The van der Waals surface area contributed by atoms with E-state index in [2.05, 4.69) is 26.8 Å². The molecule has 1 aliphatic heterocycles. The fraction of sp³-hybridized carbons (Fsp3) is 0.786. The molecule has 6 heteroatoms. The van der Waals surface area contributed by atoms with Crippen LogP contribution < -0.4 is 9.64 Å². The fourth-order valence-corrected chi connectivity index (χ4v) is 2.72. The largest absolute Gasteiger partial charge is 0.463 e. The molecule has 1 saturated heterocycles. The minimum Gasteiger partial charge on any atom is -0.463 e. The van der Waals surface area contributed by atoms with Crippen molar-refractivity contribution in [2.75, 3.05) is 18.1 Å². The van der Waals surface area contributed by atoms with Gasteiger partial charge in [0.1, 0.15) is 0 Å². The Kier molecular flexibility index (Phi) is 5.83. The van der Waals surface area contributed by atoms with Gasteiger partial charge in [-0.1, -0.05) is 26.7 Å². The second-order valence-electron chi connectivity index (χ2n) is 5.14. The van der Waals surface area contributed by atoms with E-state index in [0.717, 1.165) is 19.4 Å². The number of rotatable bonds is 5. The van der Waals surface area contributed by atoms with Crippen LogP contribution in [0.5, 0.6) is 6.01 Å². The highest BCUT2D eigenvalue weighted by Crippen LogP contribution is 2.25. The maximum atomic E-state index is 6.01. The van der Waals surface area contributed by atoms with Gasteiger partial charge in [-0.3, -0.25) is 0 Å². The van der Waals surface area contributed by atoms with E-state index in [0.29, 0.717) is 24.6 Å². The van der Waals surface area contributed by atoms with Gasteiger partial charge in [0.05, 0.1) is 6.61 Å². The van der Waals surface area contributed by atoms with Gasteiger partial charge in [-0.25, -0.2) is 0 Å². The van der Waals surface area contributed by atoms with Crippen molar-refractivity contribution in [2.24, 2.45) is 0 Å². The van der Waals surface area contributed by atoms with Gasteiger partial charge >= 0.3 is 6.01 Å². The van der Waals surface area contributed by atoms with Crippen LogP contribution in [-0.2, 0) is 0 Å². The number of halogens is 1. The van der Waals surface area contributed by atoms with E-state index in [9.17, 15) is 0 Å². The van der Waals surface area contributed by atoms with Crippen LogP contribution >= 0.6 is 11.6 Å². The quantitative estimate of drug-likeness (QED) is 0.833. The lowest BCUT2D eigenvalue weighted by atomic mass is 10.1. The molecule has 0 N–H and O–H groups in total. The molecule has 1 aromatic heterocycles. The third-order valence-electron chi connectivity index (χ3n) is 3.62. The summed E-state index contributed by atoms with van der Waals surface area (Å²) in [6, 6.07) is 0.816. The molecular formula is C14H23ClN4O. The third-order valence-corrected chi connectivity index (χ3v) is 3.79. The summed E-state index contributed by atoms with van der Waals surface area (Å²) in [5.41, 5.74) is 0. The van der Waals surface area contributed by atoms with Crippen molar-refractivity contribution in [3.63, 3.8) is 0 Å². The molecule has 2 heterocycles. The van der Waals surface area contributed by atoms with Crippen molar-refractivity contribution in [1.82, 2.24) is 15.0 Å². The van der Waals surface area contributed by atoms with Gasteiger partial charge in [-0.15, -0.1) is 0 Å². The van der Waals surface area contributed by atoms with E-state index in [1.807, 2.05) is 6.92 Å². The number of aromatic nitrogens is 3. The SMILES string of the molecule is CCCOc1nc(Cl)nc(N2CCCCCC2CC)n1. The first-order chi connectivity index (χ1) is 9.74. The Morgan fingerprint density at radius 2 is 2.05 bits per heavy atom. The van der Waals surface area contributed by atoms with Crippen molar-refractivity contribution in [3.05, 3.63) is 5.28 Å². The van der Waals surface area contributed by atoms with Crippen LogP contribution in [0.4, 0.5) is 5.95 Å². The highest BCUT2D eigenvalue weighted by Gasteiger charge is 2.23. The Morgan fingerprint density at radius 3 is 2.80 bits per heavy atom. The predicted octanol–water partition coefficient (Wildman–Crippen LogP) is 3.47. The molecule has 20 heavy (non-hydrogen) atoms. The van der Waals surface area contributed by atoms with Gasteiger partial charge in [0.25, 0.3) is 0 Å². The Hall–Kier alpha value is -1.10. The van der Waals surface area contributed by atoms with E-state index < -0.39 is 0 Å². The van der Waals surface area contributed by atoms with Gasteiger partial charge in [-0.2, -0.15) is 15.0 Å².